The van der Waals surface area contributed by atoms with E-state index in [1.807, 2.05) is 60.7 Å². The van der Waals surface area contributed by atoms with Gasteiger partial charge in [-0.2, -0.15) is 0 Å². The molecule has 0 bridgehead atoms. The number of thioether (sulfide) groups is 1. The lowest BCUT2D eigenvalue weighted by Crippen LogP contribution is -2.40. The summed E-state index contributed by atoms with van der Waals surface area (Å²) < 4.78 is 5.40. The van der Waals surface area contributed by atoms with Crippen molar-refractivity contribution in [3.05, 3.63) is 71.8 Å². The van der Waals surface area contributed by atoms with Crippen molar-refractivity contribution < 1.29 is 19.4 Å². The van der Waals surface area contributed by atoms with Crippen LogP contribution in [-0.4, -0.2) is 34.7 Å². The van der Waals surface area contributed by atoms with Crippen LogP contribution in [-0.2, 0) is 20.9 Å². The normalized spacial score (nSPS) is 21.7. The Balaban J connectivity index is 1.55. The van der Waals surface area contributed by atoms with E-state index in [-0.39, 0.29) is 30.1 Å². The maximum absolute atomic E-state index is 12.9. The largest absolute Gasteiger partial charge is 0.366 e. The van der Waals surface area contributed by atoms with Gasteiger partial charge in [0.2, 0.25) is 5.91 Å². The molecule has 1 amide bonds. The summed E-state index contributed by atoms with van der Waals surface area (Å²) in [4.78, 5) is 24.3. The van der Waals surface area contributed by atoms with Crippen molar-refractivity contribution in [2.75, 3.05) is 12.3 Å². The van der Waals surface area contributed by atoms with Gasteiger partial charge >= 0.3 is 0 Å². The van der Waals surface area contributed by atoms with E-state index in [0.29, 0.717) is 12.2 Å². The fourth-order valence-electron chi connectivity index (χ4n) is 3.32. The Bertz CT molecular complexity index is 799. The van der Waals surface area contributed by atoms with Crippen LogP contribution in [0.1, 0.15) is 30.4 Å². The summed E-state index contributed by atoms with van der Waals surface area (Å²) in [6, 6.07) is 19.4. The molecule has 2 aromatic rings. The number of hydrogen-bond acceptors (Lipinski definition) is 5. The lowest BCUT2D eigenvalue weighted by molar-refractivity contribution is -0.132. The summed E-state index contributed by atoms with van der Waals surface area (Å²) >= 11 is 1.18. The maximum Gasteiger partial charge on any atom is 0.227 e. The predicted octanol–water partition coefficient (Wildman–Crippen LogP) is 3.09. The van der Waals surface area contributed by atoms with E-state index in [4.69, 9.17) is 4.74 Å². The van der Waals surface area contributed by atoms with Gasteiger partial charge in [-0.15, -0.1) is 0 Å². The zero-order chi connectivity index (χ0) is 20.0. The van der Waals surface area contributed by atoms with Crippen molar-refractivity contribution in [1.29, 1.82) is 0 Å². The smallest absolute Gasteiger partial charge is 0.227 e. The monoisotopic (exact) mass is 399 g/mol. The first-order valence-corrected chi connectivity index (χ1v) is 10.3. The van der Waals surface area contributed by atoms with Crippen molar-refractivity contribution in [1.82, 2.24) is 5.32 Å². The van der Waals surface area contributed by atoms with Crippen molar-refractivity contribution in [3.63, 3.8) is 0 Å². The topological polar surface area (TPSA) is 75.6 Å². The van der Waals surface area contributed by atoms with Crippen molar-refractivity contribution in [2.45, 2.75) is 32.2 Å². The fourth-order valence-corrected chi connectivity index (χ4v) is 4.23. The number of aliphatic hydroxyl groups excluding tert-OH is 1. The molecule has 2 aromatic carbocycles. The molecule has 1 aliphatic rings. The standard InChI is InChI=1S/C22H25NO4S/c1-16(24)28-15-22(12-19(22)18-10-6-3-7-11-18)21(26)23-13-20(25)27-14-17-8-4-2-5-9-17/h2-11,19-20,25H,12-15H2,1H3,(H,23,26)/t19?,20?,22-/m1/s1. The number of carbonyl (C=O) groups is 2. The lowest BCUT2D eigenvalue weighted by Gasteiger charge is -2.19. The van der Waals surface area contributed by atoms with Crippen molar-refractivity contribution in [3.8, 4) is 0 Å². The first kappa shape index (κ1) is 20.6. The third-order valence-electron chi connectivity index (χ3n) is 4.98. The van der Waals surface area contributed by atoms with Gasteiger partial charge in [-0.3, -0.25) is 9.59 Å². The Morgan fingerprint density at radius 3 is 2.46 bits per heavy atom. The highest BCUT2D eigenvalue weighted by atomic mass is 32.2. The highest BCUT2D eigenvalue weighted by Gasteiger charge is 2.60. The minimum Gasteiger partial charge on any atom is -0.366 e. The summed E-state index contributed by atoms with van der Waals surface area (Å²) in [5, 5.41) is 12.9. The molecule has 1 saturated carbocycles. The molecular weight excluding hydrogens is 374 g/mol. The van der Waals surface area contributed by atoms with Gasteiger partial charge in [-0.05, 0) is 17.5 Å². The van der Waals surface area contributed by atoms with E-state index in [1.165, 1.54) is 18.7 Å². The first-order chi connectivity index (χ1) is 13.5. The highest BCUT2D eigenvalue weighted by molar-refractivity contribution is 8.13. The second-order valence-corrected chi connectivity index (χ2v) is 8.22. The maximum atomic E-state index is 12.9. The van der Waals surface area contributed by atoms with Gasteiger partial charge in [-0.25, -0.2) is 0 Å². The zero-order valence-electron chi connectivity index (χ0n) is 15.8. The molecule has 3 atom stereocenters. The number of aliphatic hydroxyl groups is 1. The summed E-state index contributed by atoms with van der Waals surface area (Å²) in [6.07, 6.45) is -0.389. The Labute approximate surface area is 169 Å². The van der Waals surface area contributed by atoms with Gasteiger partial charge in [0.15, 0.2) is 11.4 Å². The molecule has 2 unspecified atom stereocenters. The molecule has 28 heavy (non-hydrogen) atoms. The molecule has 0 saturated heterocycles. The molecule has 0 heterocycles. The van der Waals surface area contributed by atoms with Gasteiger partial charge in [-0.1, -0.05) is 72.4 Å². The number of carbonyl (C=O) groups excluding carboxylic acids is 2. The minimum absolute atomic E-state index is 0.00267. The van der Waals surface area contributed by atoms with Gasteiger partial charge in [0.05, 0.1) is 18.6 Å². The molecular formula is C22H25NO4S. The second kappa shape index (κ2) is 9.37. The van der Waals surface area contributed by atoms with Crippen LogP contribution < -0.4 is 5.32 Å². The fraction of sp³-hybridized carbons (Fsp3) is 0.364. The second-order valence-electron chi connectivity index (χ2n) is 7.07. The zero-order valence-corrected chi connectivity index (χ0v) is 16.7. The Morgan fingerprint density at radius 1 is 1.18 bits per heavy atom. The van der Waals surface area contributed by atoms with Crippen LogP contribution in [0.5, 0.6) is 0 Å². The average molecular weight is 400 g/mol. The van der Waals surface area contributed by atoms with Crippen LogP contribution in [0.2, 0.25) is 0 Å². The number of rotatable bonds is 9. The number of benzene rings is 2. The Hall–Kier alpha value is -2.15. The van der Waals surface area contributed by atoms with E-state index in [1.54, 1.807) is 0 Å². The summed E-state index contributed by atoms with van der Waals surface area (Å²) in [5.41, 5.74) is 1.44. The number of amides is 1. The molecule has 0 aromatic heterocycles. The number of nitrogens with one attached hydrogen (secondary N) is 1. The van der Waals surface area contributed by atoms with Crippen molar-refractivity contribution >= 4 is 22.8 Å². The number of hydrogen-bond donors (Lipinski definition) is 2. The van der Waals surface area contributed by atoms with Crippen LogP contribution in [0.3, 0.4) is 0 Å². The molecule has 148 valence electrons. The quantitative estimate of drug-likeness (QED) is 0.634. The summed E-state index contributed by atoms with van der Waals surface area (Å²) in [7, 11) is 0. The van der Waals surface area contributed by atoms with Gasteiger partial charge in [0.25, 0.3) is 0 Å². The summed E-state index contributed by atoms with van der Waals surface area (Å²) in [6.45, 7) is 1.80. The molecule has 0 aliphatic heterocycles. The lowest BCUT2D eigenvalue weighted by atomic mass is 10.00. The van der Waals surface area contributed by atoms with Crippen LogP contribution >= 0.6 is 11.8 Å². The molecule has 1 fully saturated rings. The van der Waals surface area contributed by atoms with Gasteiger partial charge in [0.1, 0.15) is 0 Å². The molecule has 6 heteroatoms. The average Bonchev–Trinajstić information content (AvgIpc) is 3.46. The highest BCUT2D eigenvalue weighted by Crippen LogP contribution is 2.61. The van der Waals surface area contributed by atoms with Gasteiger partial charge in [0, 0.05) is 18.6 Å². The van der Waals surface area contributed by atoms with Gasteiger partial charge < -0.3 is 15.2 Å². The number of ether oxygens (including phenoxy) is 1. The van der Waals surface area contributed by atoms with E-state index in [9.17, 15) is 14.7 Å². The molecule has 3 rings (SSSR count). The minimum atomic E-state index is -1.09. The van der Waals surface area contributed by atoms with E-state index >= 15 is 0 Å². The third-order valence-corrected chi connectivity index (χ3v) is 6.05. The van der Waals surface area contributed by atoms with E-state index in [0.717, 1.165) is 11.1 Å². The molecule has 0 radical (unpaired) electrons. The van der Waals surface area contributed by atoms with Crippen LogP contribution in [0.4, 0.5) is 0 Å². The first-order valence-electron chi connectivity index (χ1n) is 9.31. The molecule has 0 spiro atoms. The Morgan fingerprint density at radius 2 is 1.82 bits per heavy atom. The molecule has 1 aliphatic carbocycles. The van der Waals surface area contributed by atoms with Crippen LogP contribution in [0, 0.1) is 5.41 Å². The predicted molar refractivity (Wildman–Crippen MR) is 110 cm³/mol. The Kier molecular flexibility index (Phi) is 6.88. The van der Waals surface area contributed by atoms with E-state index in [2.05, 4.69) is 5.32 Å². The van der Waals surface area contributed by atoms with E-state index < -0.39 is 11.7 Å². The third kappa shape index (κ3) is 5.22. The summed E-state index contributed by atoms with van der Waals surface area (Å²) in [5.74, 6) is 0.384. The molecule has 2 N–H and O–H groups in total. The van der Waals surface area contributed by atoms with Crippen molar-refractivity contribution in [2.24, 2.45) is 5.41 Å². The van der Waals surface area contributed by atoms with Crippen LogP contribution in [0.15, 0.2) is 60.7 Å². The SMILES string of the molecule is CC(=O)SC[C@]1(C(=O)NCC(O)OCc2ccccc2)CC1c1ccccc1. The molecule has 5 nitrogen and oxygen atoms in total. The van der Waals surface area contributed by atoms with Crippen LogP contribution in [0.25, 0.3) is 0 Å².